The number of alkyl halides is 1. The molecule has 0 aliphatic heterocycles. The van der Waals surface area contributed by atoms with E-state index in [1.807, 2.05) is 0 Å². The first-order valence-electron chi connectivity index (χ1n) is 6.52. The second-order valence-electron chi connectivity index (χ2n) is 6.09. The van der Waals surface area contributed by atoms with Crippen LogP contribution >= 0.6 is 34.8 Å². The molecule has 1 aromatic rings. The molecule has 0 saturated heterocycles. The quantitative estimate of drug-likeness (QED) is 0.776. The molecule has 0 aliphatic carbocycles. The number of hydrogen-bond acceptors (Lipinski definition) is 1. The third-order valence-corrected chi connectivity index (χ3v) is 3.75. The molecule has 1 N–H and O–H groups in total. The lowest BCUT2D eigenvalue weighted by Gasteiger charge is -2.22. The van der Waals surface area contributed by atoms with E-state index in [2.05, 4.69) is 26.1 Å². The number of benzene rings is 1. The Balaban J connectivity index is 2.42. The van der Waals surface area contributed by atoms with Crippen LogP contribution in [0.15, 0.2) is 18.2 Å². The van der Waals surface area contributed by atoms with Crippen LogP contribution in [0, 0.1) is 5.41 Å². The molecule has 0 heterocycles. The summed E-state index contributed by atoms with van der Waals surface area (Å²) >= 11 is 17.9. The van der Waals surface area contributed by atoms with Crippen LogP contribution in [0.25, 0.3) is 0 Å². The number of amides is 1. The van der Waals surface area contributed by atoms with E-state index in [1.165, 1.54) is 0 Å². The molecule has 0 radical (unpaired) electrons. The van der Waals surface area contributed by atoms with Gasteiger partial charge in [0.25, 0.3) is 0 Å². The highest BCUT2D eigenvalue weighted by Crippen LogP contribution is 2.24. The summed E-state index contributed by atoms with van der Waals surface area (Å²) in [6, 6.07) is 5.19. The van der Waals surface area contributed by atoms with Crippen molar-refractivity contribution in [2.45, 2.75) is 39.0 Å². The zero-order chi connectivity index (χ0) is 15.3. The van der Waals surface area contributed by atoms with Crippen molar-refractivity contribution in [3.05, 3.63) is 33.8 Å². The molecule has 1 unspecified atom stereocenters. The zero-order valence-corrected chi connectivity index (χ0v) is 14.2. The van der Waals surface area contributed by atoms with E-state index in [9.17, 15) is 4.79 Å². The molecule has 0 bridgehead atoms. The summed E-state index contributed by atoms with van der Waals surface area (Å²) in [4.78, 5) is 11.8. The number of rotatable bonds is 5. The van der Waals surface area contributed by atoms with Crippen LogP contribution < -0.4 is 5.32 Å². The third kappa shape index (κ3) is 6.83. The Bertz CT molecular complexity index is 469. The fourth-order valence-corrected chi connectivity index (χ4v) is 2.72. The normalized spacial score (nSPS) is 13.1. The van der Waals surface area contributed by atoms with Crippen LogP contribution in [0.2, 0.25) is 10.0 Å². The number of carbonyl (C=O) groups excluding carboxylic acids is 1. The van der Waals surface area contributed by atoms with Crippen molar-refractivity contribution < 1.29 is 4.79 Å². The first-order valence-corrected chi connectivity index (χ1v) is 7.71. The van der Waals surface area contributed by atoms with Crippen molar-refractivity contribution in [2.24, 2.45) is 5.41 Å². The SMILES string of the molecule is CC(C)(C)CC(Cl)CNC(=O)Cc1ccc(Cl)c(Cl)c1. The van der Waals surface area contributed by atoms with Gasteiger partial charge in [-0.3, -0.25) is 4.79 Å². The van der Waals surface area contributed by atoms with E-state index < -0.39 is 0 Å². The van der Waals surface area contributed by atoms with Crippen LogP contribution in [0.1, 0.15) is 32.8 Å². The minimum Gasteiger partial charge on any atom is -0.354 e. The molecular weight excluding hydrogens is 317 g/mol. The largest absolute Gasteiger partial charge is 0.354 e. The van der Waals surface area contributed by atoms with E-state index in [-0.39, 0.29) is 23.1 Å². The Morgan fingerprint density at radius 2 is 1.90 bits per heavy atom. The molecule has 1 aromatic carbocycles. The molecule has 20 heavy (non-hydrogen) atoms. The van der Waals surface area contributed by atoms with E-state index in [1.54, 1.807) is 18.2 Å². The summed E-state index contributed by atoms with van der Waals surface area (Å²) < 4.78 is 0. The average Bonchev–Trinajstić information content (AvgIpc) is 2.29. The number of carbonyl (C=O) groups is 1. The highest BCUT2D eigenvalue weighted by molar-refractivity contribution is 6.42. The molecule has 5 heteroatoms. The lowest BCUT2D eigenvalue weighted by molar-refractivity contribution is -0.120. The fourth-order valence-electron chi connectivity index (χ4n) is 1.86. The lowest BCUT2D eigenvalue weighted by atomic mass is 9.90. The Morgan fingerprint density at radius 3 is 2.45 bits per heavy atom. The van der Waals surface area contributed by atoms with Gasteiger partial charge in [0.05, 0.1) is 21.8 Å². The predicted octanol–water partition coefficient (Wildman–Crippen LogP) is 4.70. The predicted molar refractivity (Wildman–Crippen MR) is 86.9 cm³/mol. The Morgan fingerprint density at radius 1 is 1.25 bits per heavy atom. The molecule has 1 atom stereocenters. The zero-order valence-electron chi connectivity index (χ0n) is 12.0. The molecule has 2 nitrogen and oxygen atoms in total. The summed E-state index contributed by atoms with van der Waals surface area (Å²) in [7, 11) is 0. The standard InChI is InChI=1S/C15H20Cl3NO/c1-15(2,3)8-11(16)9-19-14(20)7-10-4-5-12(17)13(18)6-10/h4-6,11H,7-9H2,1-3H3,(H,19,20). The van der Waals surface area contributed by atoms with Gasteiger partial charge in [-0.2, -0.15) is 0 Å². The Kier molecular flexibility index (Phi) is 6.63. The van der Waals surface area contributed by atoms with Crippen molar-refractivity contribution in [1.82, 2.24) is 5.32 Å². The summed E-state index contributed by atoms with van der Waals surface area (Å²) in [6.45, 7) is 6.85. The van der Waals surface area contributed by atoms with Gasteiger partial charge in [-0.05, 0) is 29.5 Å². The molecule has 0 spiro atoms. The monoisotopic (exact) mass is 335 g/mol. The van der Waals surface area contributed by atoms with Crippen LogP contribution in [0.4, 0.5) is 0 Å². The van der Waals surface area contributed by atoms with Gasteiger partial charge >= 0.3 is 0 Å². The van der Waals surface area contributed by atoms with E-state index in [4.69, 9.17) is 34.8 Å². The van der Waals surface area contributed by atoms with Crippen LogP contribution in [-0.4, -0.2) is 17.8 Å². The number of hydrogen-bond donors (Lipinski definition) is 1. The van der Waals surface area contributed by atoms with Gasteiger partial charge in [-0.25, -0.2) is 0 Å². The molecule has 0 saturated carbocycles. The van der Waals surface area contributed by atoms with Gasteiger partial charge in [0, 0.05) is 6.54 Å². The van der Waals surface area contributed by atoms with E-state index in [0.717, 1.165) is 12.0 Å². The van der Waals surface area contributed by atoms with E-state index in [0.29, 0.717) is 16.6 Å². The Hall–Kier alpha value is -0.440. The first-order chi connectivity index (χ1) is 9.17. The number of nitrogens with one attached hydrogen (secondary N) is 1. The van der Waals surface area contributed by atoms with Gasteiger partial charge in [-0.15, -0.1) is 11.6 Å². The highest BCUT2D eigenvalue weighted by atomic mass is 35.5. The first kappa shape index (κ1) is 17.6. The van der Waals surface area contributed by atoms with Crippen molar-refractivity contribution >= 4 is 40.7 Å². The smallest absolute Gasteiger partial charge is 0.224 e. The summed E-state index contributed by atoms with van der Waals surface area (Å²) in [5, 5.41) is 3.72. The van der Waals surface area contributed by atoms with Gasteiger partial charge in [-0.1, -0.05) is 50.0 Å². The molecule has 112 valence electrons. The Labute approximate surface area is 135 Å². The lowest BCUT2D eigenvalue weighted by Crippen LogP contribution is -2.32. The molecule has 0 aliphatic rings. The van der Waals surface area contributed by atoms with E-state index >= 15 is 0 Å². The van der Waals surface area contributed by atoms with Crippen molar-refractivity contribution in [1.29, 1.82) is 0 Å². The van der Waals surface area contributed by atoms with Crippen molar-refractivity contribution in [2.75, 3.05) is 6.54 Å². The van der Waals surface area contributed by atoms with Gasteiger partial charge < -0.3 is 5.32 Å². The fraction of sp³-hybridized carbons (Fsp3) is 0.533. The number of halogens is 3. The van der Waals surface area contributed by atoms with Crippen LogP contribution in [0.3, 0.4) is 0 Å². The molecule has 0 fully saturated rings. The van der Waals surface area contributed by atoms with Crippen molar-refractivity contribution in [3.63, 3.8) is 0 Å². The summed E-state index contributed by atoms with van der Waals surface area (Å²) in [5.41, 5.74) is 0.986. The highest BCUT2D eigenvalue weighted by Gasteiger charge is 2.17. The van der Waals surface area contributed by atoms with Gasteiger partial charge in [0.1, 0.15) is 0 Å². The topological polar surface area (TPSA) is 29.1 Å². The molecule has 1 rings (SSSR count). The average molecular weight is 337 g/mol. The molecular formula is C15H20Cl3NO. The maximum Gasteiger partial charge on any atom is 0.224 e. The minimum absolute atomic E-state index is 0.0623. The maximum atomic E-state index is 11.8. The maximum absolute atomic E-state index is 11.8. The second-order valence-corrected chi connectivity index (χ2v) is 7.52. The van der Waals surface area contributed by atoms with Crippen LogP contribution in [0.5, 0.6) is 0 Å². The molecule has 1 amide bonds. The summed E-state index contributed by atoms with van der Waals surface area (Å²) in [5.74, 6) is -0.0667. The van der Waals surface area contributed by atoms with Gasteiger partial charge in [0.2, 0.25) is 5.91 Å². The second kappa shape index (κ2) is 7.53. The minimum atomic E-state index is -0.0667. The summed E-state index contributed by atoms with van der Waals surface area (Å²) in [6.07, 6.45) is 1.12. The van der Waals surface area contributed by atoms with Crippen molar-refractivity contribution in [3.8, 4) is 0 Å². The van der Waals surface area contributed by atoms with Gasteiger partial charge in [0.15, 0.2) is 0 Å². The third-order valence-electron chi connectivity index (χ3n) is 2.70. The van der Waals surface area contributed by atoms with Crippen LogP contribution in [-0.2, 0) is 11.2 Å². The molecule has 0 aromatic heterocycles.